The van der Waals surface area contributed by atoms with Crippen LogP contribution in [0.4, 0.5) is 13.2 Å². The summed E-state index contributed by atoms with van der Waals surface area (Å²) in [6.07, 6.45) is 23.3. The average molecular weight is 2150 g/mol. The summed E-state index contributed by atoms with van der Waals surface area (Å²) in [6, 6.07) is 13.1. The van der Waals surface area contributed by atoms with Crippen molar-refractivity contribution in [3.63, 3.8) is 0 Å². The molecule has 1 radical (unpaired) electrons. The van der Waals surface area contributed by atoms with Crippen molar-refractivity contribution < 1.29 is 54.9 Å². The second-order valence-electron chi connectivity index (χ2n) is 22.2. The molecule has 10 heterocycles. The summed E-state index contributed by atoms with van der Waals surface area (Å²) in [5, 5.41) is 9.13. The zero-order chi connectivity index (χ0) is 76.1. The van der Waals surface area contributed by atoms with Gasteiger partial charge in [0, 0.05) is 78.3 Å². The van der Waals surface area contributed by atoms with Crippen LogP contribution >= 0.6 is 235 Å². The fourth-order valence-electron chi connectivity index (χ4n) is 9.74. The van der Waals surface area contributed by atoms with Crippen LogP contribution in [0.2, 0.25) is 0 Å². The predicted molar refractivity (Wildman–Crippen MR) is 483 cm³/mol. The van der Waals surface area contributed by atoms with Crippen molar-refractivity contribution in [1.82, 2.24) is 0 Å². The van der Waals surface area contributed by atoms with Gasteiger partial charge in [0.2, 0.25) is 0 Å². The number of rotatable bonds is 18. The van der Waals surface area contributed by atoms with Crippen molar-refractivity contribution in [2.45, 2.75) is 243 Å². The monoisotopic (exact) mass is 2150 g/mol. The summed E-state index contributed by atoms with van der Waals surface area (Å²) in [4.78, 5) is 10.5. The maximum atomic E-state index is 10.7. The van der Waals surface area contributed by atoms with E-state index >= 15 is 0 Å². The molecule has 0 amide bonds. The summed E-state index contributed by atoms with van der Waals surface area (Å²) >= 11 is 39.8. The van der Waals surface area contributed by atoms with Crippen LogP contribution < -0.4 is 0 Å². The molecule has 7 aromatic heterocycles. The van der Waals surface area contributed by atoms with Gasteiger partial charge in [-0.3, -0.25) is 4.55 Å². The number of ether oxygens (including phenoxy) is 5. The standard InChI is InChI=1S/3C11H15BrOS.C8H11BrS.C7H8BrIS.C7H9BrS.C7H10S.C6H14O2.CHF3O3S.CH4O.CH4.BHNS.2ClH/c3*1-3-4-8-10-7(2)11(12)14-9(10)5-6-13-8;1-3-4-7-5-6(2)8(9)10-7;1-2-3-5-4-6(9)7(8)10-5;1-2-3-6-4-5-7(8)9-6;1-2-4-7-5-3-6-8-7;1-4-5-6(7-2)8-3;2-1(3,4)8(5,6)7;1-2;;1-2-3;;/h3*8H,3-6H2,1-2H3;5H,3-4H2,1-2H3;4H,2-3H2,1H3;4-5H,2-3H2,1H3;3,5-6H,2,4H2,1H3;6H,4-5H2,1-3H3;(H,5,6,7);2H,1H3;1H4;3H;2*1H. The van der Waals surface area contributed by atoms with E-state index in [1.165, 1.54) is 170 Å². The van der Waals surface area contributed by atoms with E-state index in [0.717, 1.165) is 78.3 Å². The molecule has 10 rings (SSSR count). The van der Waals surface area contributed by atoms with Crippen LogP contribution in [0.25, 0.3) is 0 Å². The fraction of sp³-hybridized carbons (Fsp3) is 0.606. The van der Waals surface area contributed by atoms with Crippen LogP contribution in [0.5, 0.6) is 0 Å². The molecule has 3 aliphatic heterocycles. The van der Waals surface area contributed by atoms with Crippen LogP contribution in [0.3, 0.4) is 0 Å². The van der Waals surface area contributed by atoms with Crippen molar-refractivity contribution in [2.75, 3.05) is 41.2 Å². The summed E-state index contributed by atoms with van der Waals surface area (Å²) in [6.45, 7) is 29.0. The first kappa shape index (κ1) is 111. The molecule has 2 N–H and O–H groups in total. The van der Waals surface area contributed by atoms with Gasteiger partial charge < -0.3 is 28.8 Å². The van der Waals surface area contributed by atoms with E-state index in [9.17, 15) is 13.2 Å². The van der Waals surface area contributed by atoms with Crippen molar-refractivity contribution in [3.05, 3.63) is 141 Å². The molecule has 0 aliphatic carbocycles. The number of aryl methyl sites for hydroxylation is 5. The predicted octanol–water partition coefficient (Wildman–Crippen LogP) is 29.8. The van der Waals surface area contributed by atoms with Gasteiger partial charge in [-0.2, -0.15) is 21.6 Å². The Morgan fingerprint density at radius 3 is 1.18 bits per heavy atom. The van der Waals surface area contributed by atoms with E-state index in [1.54, 1.807) is 14.2 Å². The van der Waals surface area contributed by atoms with E-state index in [0.29, 0.717) is 18.3 Å². The molecule has 3 atom stereocenters. The summed E-state index contributed by atoms with van der Waals surface area (Å²) < 4.78 is 96.5. The number of thiophene rings is 7. The van der Waals surface area contributed by atoms with Crippen LogP contribution in [-0.4, -0.2) is 78.7 Å². The molecule has 0 bridgehead atoms. The van der Waals surface area contributed by atoms with Crippen LogP contribution in [-0.2, 0) is 78.7 Å². The Kier molecular flexibility index (Phi) is 69.1. The Bertz CT molecular complexity index is 3150. The molecular formula is C71H109BBr6Cl2F3INO9S9. The first-order chi connectivity index (χ1) is 47.4. The van der Waals surface area contributed by atoms with Gasteiger partial charge in [-0.1, -0.05) is 120 Å². The van der Waals surface area contributed by atoms with Crippen molar-refractivity contribution in [1.29, 1.82) is 0 Å². The van der Waals surface area contributed by atoms with Gasteiger partial charge in [0.25, 0.3) is 0 Å². The van der Waals surface area contributed by atoms with Crippen molar-refractivity contribution >= 4 is 253 Å². The molecule has 10 nitrogen and oxygen atoms in total. The van der Waals surface area contributed by atoms with Crippen LogP contribution in [0.1, 0.15) is 231 Å². The number of methoxy groups -OCH3 is 2. The third-order valence-electron chi connectivity index (χ3n) is 14.3. The molecule has 32 heteroatoms. The molecule has 0 saturated carbocycles. The third kappa shape index (κ3) is 43.7. The Balaban J connectivity index is -0.000000534. The number of fused-ring (bicyclic) bond motifs is 3. The summed E-state index contributed by atoms with van der Waals surface area (Å²) in [5.74, 6) is 0. The van der Waals surface area contributed by atoms with Crippen molar-refractivity contribution in [2.24, 2.45) is 4.30 Å². The Morgan fingerprint density at radius 2 is 0.932 bits per heavy atom. The van der Waals surface area contributed by atoms with Gasteiger partial charge in [-0.05, 0) is 272 Å². The van der Waals surface area contributed by atoms with Gasteiger partial charge in [-0.15, -0.1) is 104 Å². The Labute approximate surface area is 728 Å². The van der Waals surface area contributed by atoms with E-state index in [4.69, 9.17) is 41.8 Å². The van der Waals surface area contributed by atoms with Crippen LogP contribution in [0, 0.1) is 31.3 Å². The number of halogens is 12. The Morgan fingerprint density at radius 1 is 0.583 bits per heavy atom. The third-order valence-corrected chi connectivity index (χ3v) is 30.3. The molecule has 0 saturated heterocycles. The molecule has 103 heavy (non-hydrogen) atoms. The Hall–Kier alpha value is 1.76. The second-order valence-corrected chi connectivity index (χ2v) is 40.8. The van der Waals surface area contributed by atoms with Crippen LogP contribution in [0.15, 0.2) is 68.8 Å². The molecule has 0 aromatic carbocycles. The van der Waals surface area contributed by atoms with E-state index in [1.807, 2.05) is 79.4 Å². The maximum absolute atomic E-state index is 10.7. The molecule has 0 fully saturated rings. The number of aliphatic hydroxyl groups excluding tert-OH is 1. The average Bonchev–Trinajstić information content (AvgIpc) is 1.67. The zero-order valence-electron chi connectivity index (χ0n) is 61.0. The van der Waals surface area contributed by atoms with E-state index in [2.05, 4.69) is 268 Å². The number of alkyl halides is 3. The van der Waals surface area contributed by atoms with Gasteiger partial charge in [0.1, 0.15) is 0 Å². The van der Waals surface area contributed by atoms with E-state index in [-0.39, 0.29) is 38.5 Å². The van der Waals surface area contributed by atoms with E-state index < -0.39 is 15.6 Å². The molecule has 0 spiro atoms. The quantitative estimate of drug-likeness (QED) is 0.0192. The van der Waals surface area contributed by atoms with Gasteiger partial charge in [0.05, 0.1) is 60.9 Å². The number of thiol groups is 1. The summed E-state index contributed by atoms with van der Waals surface area (Å²) in [7, 11) is 2.81. The molecule has 3 aliphatic rings. The zero-order valence-corrected chi connectivity index (χ0v) is 81.7. The normalized spacial score (nSPS) is 14.2. The number of hydrogen-bond donors (Lipinski definition) is 3. The first-order valence-electron chi connectivity index (χ1n) is 33.2. The molecule has 7 aromatic rings. The minimum atomic E-state index is -5.84. The minimum absolute atomic E-state index is 0. The number of hydrogen-bond acceptors (Lipinski definition) is 17. The first-order valence-corrected chi connectivity index (χ1v) is 46.6. The topological polar surface area (TPSA) is 133 Å². The van der Waals surface area contributed by atoms with Gasteiger partial charge >= 0.3 is 40.4 Å². The molecular weight excluding hydrogens is 2040 g/mol. The SMILES string of the molecule is C.CCCC(OC)OC.CCCC1OCCc2sc(Br)c(C)c21.CCCC1OCCc2sc(Br)c(C)c21.CCCC1OCCc2sc(Br)c(C)c21.CCCc1cc(C)c(Br)s1.CCCc1cc(I)c(Br)s1.CCCc1ccc(Br)s1.CCCc1cccs1.CO.Cl.Cl.O=S(=O)(O)C(F)(F)F.[B]=NS. The number of nitrogens with zero attached hydrogens (tertiary/aromatic N) is 1. The number of aliphatic hydroxyl groups is 1. The molecule has 3 unspecified atom stereocenters. The second kappa shape index (κ2) is 64.1. The fourth-order valence-corrected chi connectivity index (χ4v) is 22.0. The van der Waals surface area contributed by atoms with Crippen molar-refractivity contribution in [3.8, 4) is 0 Å². The van der Waals surface area contributed by atoms with Gasteiger partial charge in [-0.25, -0.2) is 0 Å². The molecule has 593 valence electrons. The summed E-state index contributed by atoms with van der Waals surface area (Å²) in [5.41, 5.74) is 4.41. The van der Waals surface area contributed by atoms with Gasteiger partial charge in [0.15, 0.2) is 6.29 Å².